The fourth-order valence-electron chi connectivity index (χ4n) is 2.86. The van der Waals surface area contributed by atoms with E-state index >= 15 is 0 Å². The van der Waals surface area contributed by atoms with E-state index in [9.17, 15) is 15.2 Å². The van der Waals surface area contributed by atoms with Crippen molar-refractivity contribution in [2.75, 3.05) is 5.43 Å². The van der Waals surface area contributed by atoms with Crippen LogP contribution in [0.1, 0.15) is 5.56 Å². The summed E-state index contributed by atoms with van der Waals surface area (Å²) >= 11 is 5.85. The van der Waals surface area contributed by atoms with Gasteiger partial charge in [-0.15, -0.1) is 10.2 Å². The van der Waals surface area contributed by atoms with Gasteiger partial charge in [0.2, 0.25) is 5.75 Å². The number of anilines is 1. The van der Waals surface area contributed by atoms with Gasteiger partial charge in [0, 0.05) is 29.1 Å². The van der Waals surface area contributed by atoms with Crippen molar-refractivity contribution in [2.45, 2.75) is 0 Å². The van der Waals surface area contributed by atoms with Gasteiger partial charge < -0.3 is 9.67 Å². The molecule has 0 aliphatic heterocycles. The molecule has 11 heteroatoms. The molecule has 0 aliphatic rings. The fraction of sp³-hybridized carbons (Fsp3) is 0.0588. The highest BCUT2D eigenvalue weighted by atomic mass is 35.5. The Morgan fingerprint density at radius 1 is 1.32 bits per heavy atom. The normalized spacial score (nSPS) is 11.5. The van der Waals surface area contributed by atoms with Gasteiger partial charge in [0.1, 0.15) is 5.52 Å². The molecule has 2 aromatic carbocycles. The Morgan fingerprint density at radius 2 is 2.11 bits per heavy atom. The highest BCUT2D eigenvalue weighted by Crippen LogP contribution is 2.32. The summed E-state index contributed by atoms with van der Waals surface area (Å²) in [5, 5.41) is 34.1. The topological polar surface area (TPSA) is 131 Å². The minimum absolute atomic E-state index is 0.0744. The van der Waals surface area contributed by atoms with Crippen molar-refractivity contribution in [3.05, 3.63) is 57.1 Å². The molecule has 0 saturated heterocycles. The minimum atomic E-state index is -0.729. The van der Waals surface area contributed by atoms with E-state index < -0.39 is 16.4 Å². The van der Waals surface area contributed by atoms with Gasteiger partial charge in [0.05, 0.1) is 16.7 Å². The highest BCUT2D eigenvalue weighted by Gasteiger charge is 2.18. The summed E-state index contributed by atoms with van der Waals surface area (Å²) in [7, 11) is 1.87. The second kappa shape index (κ2) is 6.74. The third-order valence-corrected chi connectivity index (χ3v) is 4.37. The Bertz CT molecular complexity index is 1270. The molecule has 0 amide bonds. The van der Waals surface area contributed by atoms with E-state index in [2.05, 4.69) is 25.7 Å². The van der Waals surface area contributed by atoms with Crippen LogP contribution in [0.15, 0.2) is 41.5 Å². The van der Waals surface area contributed by atoms with Crippen LogP contribution >= 0.6 is 11.6 Å². The molecule has 140 valence electrons. The van der Waals surface area contributed by atoms with Crippen molar-refractivity contribution in [3.63, 3.8) is 0 Å². The number of phenols is 1. The number of rotatable bonds is 4. The Hall–Kier alpha value is -3.79. The van der Waals surface area contributed by atoms with Crippen LogP contribution in [0, 0.1) is 10.1 Å². The first-order valence-electron chi connectivity index (χ1n) is 7.99. The second-order valence-electron chi connectivity index (χ2n) is 5.87. The lowest BCUT2D eigenvalue weighted by atomic mass is 10.2. The molecular formula is C17H12ClN7O3. The van der Waals surface area contributed by atoms with Gasteiger partial charge in [0.15, 0.2) is 5.65 Å². The average molecular weight is 398 g/mol. The average Bonchev–Trinajstić information content (AvgIpc) is 2.96. The molecule has 2 heterocycles. The number of aromatic hydroxyl groups is 1. The summed E-state index contributed by atoms with van der Waals surface area (Å²) in [4.78, 5) is 14.6. The van der Waals surface area contributed by atoms with Crippen molar-refractivity contribution >= 4 is 51.5 Å². The van der Waals surface area contributed by atoms with Crippen molar-refractivity contribution in [2.24, 2.45) is 12.1 Å². The number of phenolic OH excluding ortho intramolecular Hbond substituents is 1. The van der Waals surface area contributed by atoms with Crippen LogP contribution in [0.4, 0.5) is 11.6 Å². The number of hydrazone groups is 1. The number of nitrogens with zero attached hydrogens (tertiary/aromatic N) is 6. The lowest BCUT2D eigenvalue weighted by molar-refractivity contribution is -0.385. The third kappa shape index (κ3) is 2.95. The quantitative estimate of drug-likeness (QED) is 0.307. The molecular weight excluding hydrogens is 386 g/mol. The molecule has 0 fully saturated rings. The molecule has 28 heavy (non-hydrogen) atoms. The predicted molar refractivity (Wildman–Crippen MR) is 105 cm³/mol. The number of hydrogen-bond donors (Lipinski definition) is 2. The standard InChI is InChI=1S/C17H12ClN7O3/c1-24-12-5-3-2-4-11(12)14-16(24)20-17(23-21-14)22-19-8-9-6-10(18)7-13(15(9)26)25(27)28/h2-8,26H,1H3,(H,20,22,23)/b19-8+. The van der Waals surface area contributed by atoms with Gasteiger partial charge in [-0.05, 0) is 12.1 Å². The van der Waals surface area contributed by atoms with Crippen LogP contribution in [0.25, 0.3) is 22.1 Å². The number of para-hydroxylation sites is 1. The number of benzene rings is 2. The molecule has 0 spiro atoms. The Labute approximate surface area is 162 Å². The summed E-state index contributed by atoms with van der Waals surface area (Å²) in [5.41, 5.74) is 4.42. The second-order valence-corrected chi connectivity index (χ2v) is 6.31. The molecule has 0 saturated carbocycles. The molecule has 0 radical (unpaired) electrons. The number of halogens is 1. The first-order valence-corrected chi connectivity index (χ1v) is 8.37. The van der Waals surface area contributed by atoms with Gasteiger partial charge >= 0.3 is 5.69 Å². The maximum Gasteiger partial charge on any atom is 0.312 e. The number of nitro benzene ring substituents is 1. The van der Waals surface area contributed by atoms with Crippen LogP contribution in [0.2, 0.25) is 5.02 Å². The van der Waals surface area contributed by atoms with Gasteiger partial charge in [-0.3, -0.25) is 10.1 Å². The number of aryl methyl sites for hydroxylation is 1. The molecule has 4 aromatic rings. The monoisotopic (exact) mass is 397 g/mol. The first-order chi connectivity index (χ1) is 13.5. The Kier molecular flexibility index (Phi) is 4.24. The summed E-state index contributed by atoms with van der Waals surface area (Å²) in [6.45, 7) is 0. The van der Waals surface area contributed by atoms with Crippen molar-refractivity contribution in [1.82, 2.24) is 19.7 Å². The van der Waals surface area contributed by atoms with Crippen molar-refractivity contribution in [3.8, 4) is 5.75 Å². The van der Waals surface area contributed by atoms with Gasteiger partial charge in [-0.2, -0.15) is 10.1 Å². The van der Waals surface area contributed by atoms with E-state index in [4.69, 9.17) is 11.6 Å². The molecule has 0 atom stereocenters. The third-order valence-electron chi connectivity index (χ3n) is 4.16. The zero-order valence-electron chi connectivity index (χ0n) is 14.4. The smallest absolute Gasteiger partial charge is 0.312 e. The summed E-state index contributed by atoms with van der Waals surface area (Å²) in [5.74, 6) is -0.409. The van der Waals surface area contributed by atoms with Crippen LogP contribution in [0.3, 0.4) is 0 Å². The summed E-state index contributed by atoms with van der Waals surface area (Å²) in [6.07, 6.45) is 1.18. The van der Waals surface area contributed by atoms with Crippen molar-refractivity contribution in [1.29, 1.82) is 0 Å². The van der Waals surface area contributed by atoms with Crippen LogP contribution in [-0.4, -0.2) is 36.0 Å². The molecule has 0 unspecified atom stereocenters. The largest absolute Gasteiger partial charge is 0.502 e. The zero-order chi connectivity index (χ0) is 19.8. The Morgan fingerprint density at radius 3 is 2.89 bits per heavy atom. The number of hydrogen-bond acceptors (Lipinski definition) is 8. The summed E-state index contributed by atoms with van der Waals surface area (Å²) in [6, 6.07) is 10.1. The summed E-state index contributed by atoms with van der Waals surface area (Å²) < 4.78 is 1.89. The van der Waals surface area contributed by atoms with Crippen molar-refractivity contribution < 1.29 is 10.0 Å². The number of fused-ring (bicyclic) bond motifs is 3. The first kappa shape index (κ1) is 17.6. The van der Waals surface area contributed by atoms with E-state index in [0.29, 0.717) is 11.2 Å². The predicted octanol–water partition coefficient (Wildman–Crippen LogP) is 3.23. The van der Waals surface area contributed by atoms with Crippen LogP contribution < -0.4 is 5.43 Å². The van der Waals surface area contributed by atoms with E-state index in [1.807, 2.05) is 35.9 Å². The Balaban J connectivity index is 1.65. The van der Waals surface area contributed by atoms with E-state index in [1.165, 1.54) is 12.3 Å². The lowest BCUT2D eigenvalue weighted by Gasteiger charge is -2.02. The van der Waals surface area contributed by atoms with Gasteiger partial charge in [0.25, 0.3) is 5.95 Å². The molecule has 4 rings (SSSR count). The lowest BCUT2D eigenvalue weighted by Crippen LogP contribution is -2.01. The molecule has 0 bridgehead atoms. The highest BCUT2D eigenvalue weighted by molar-refractivity contribution is 6.31. The van der Waals surface area contributed by atoms with E-state index in [0.717, 1.165) is 17.0 Å². The SMILES string of the molecule is Cn1c2ccccc2c2nnc(N/N=C/c3cc(Cl)cc([N+](=O)[O-])c3O)nc21. The molecule has 10 nitrogen and oxygen atoms in total. The maximum atomic E-state index is 10.9. The van der Waals surface area contributed by atoms with E-state index in [-0.39, 0.29) is 16.5 Å². The number of nitrogens with one attached hydrogen (secondary N) is 1. The maximum absolute atomic E-state index is 10.9. The zero-order valence-corrected chi connectivity index (χ0v) is 15.1. The minimum Gasteiger partial charge on any atom is -0.502 e. The van der Waals surface area contributed by atoms with Crippen LogP contribution in [0.5, 0.6) is 5.75 Å². The fourth-order valence-corrected chi connectivity index (χ4v) is 3.08. The molecule has 0 aliphatic carbocycles. The number of nitro groups is 1. The van der Waals surface area contributed by atoms with E-state index in [1.54, 1.807) is 0 Å². The number of aromatic nitrogens is 4. The van der Waals surface area contributed by atoms with Gasteiger partial charge in [-0.1, -0.05) is 29.8 Å². The van der Waals surface area contributed by atoms with Gasteiger partial charge in [-0.25, -0.2) is 5.43 Å². The van der Waals surface area contributed by atoms with Crippen LogP contribution in [-0.2, 0) is 7.05 Å². The molecule has 2 aromatic heterocycles. The molecule has 2 N–H and O–H groups in total.